The minimum absolute atomic E-state index is 0. The van der Waals surface area contributed by atoms with Crippen molar-refractivity contribution >= 4 is 45.6 Å². The molecule has 0 saturated heterocycles. The summed E-state index contributed by atoms with van der Waals surface area (Å²) < 4.78 is 35.1. The summed E-state index contributed by atoms with van der Waals surface area (Å²) in [4.78, 5) is 11.6. The first-order valence-corrected chi connectivity index (χ1v) is 8.07. The Morgan fingerprint density at radius 3 is 2.30 bits per heavy atom. The second-order valence-corrected chi connectivity index (χ2v) is 6.74. The van der Waals surface area contributed by atoms with Gasteiger partial charge >= 0.3 is 35.5 Å². The van der Waals surface area contributed by atoms with Gasteiger partial charge in [-0.25, -0.2) is 0 Å². The molecule has 1 aliphatic carbocycles. The van der Waals surface area contributed by atoms with Gasteiger partial charge in [-0.15, -0.1) is 0 Å². The van der Waals surface area contributed by atoms with Crippen LogP contribution in [-0.2, 0) is 19.6 Å². The number of carbonyl (C=O) groups excluding carboxylic acids is 1. The Balaban J connectivity index is 0.00000361. The number of ether oxygens (including phenoxy) is 1. The van der Waals surface area contributed by atoms with E-state index in [1.165, 1.54) is 13.5 Å². The monoisotopic (exact) mass is 318 g/mol. The quantitative estimate of drug-likeness (QED) is 0.424. The Labute approximate surface area is 142 Å². The van der Waals surface area contributed by atoms with E-state index in [1.807, 2.05) is 0 Å². The SMILES string of the molecule is COC(=O)C(CC1CCCCC1)CC(O)S(=O)(=O)O.[NaH]. The van der Waals surface area contributed by atoms with Crippen LogP contribution in [0, 0.1) is 11.8 Å². The maximum absolute atomic E-state index is 11.6. The molecule has 2 atom stereocenters. The van der Waals surface area contributed by atoms with Crippen molar-refractivity contribution in [2.24, 2.45) is 11.8 Å². The zero-order chi connectivity index (χ0) is 14.5. The van der Waals surface area contributed by atoms with Crippen LogP contribution in [0.2, 0.25) is 0 Å². The van der Waals surface area contributed by atoms with Crippen LogP contribution < -0.4 is 0 Å². The first kappa shape index (κ1) is 20.3. The molecule has 1 fully saturated rings. The van der Waals surface area contributed by atoms with Crippen LogP contribution in [-0.4, -0.2) is 66.1 Å². The molecule has 6 nitrogen and oxygen atoms in total. The van der Waals surface area contributed by atoms with Crippen molar-refractivity contribution < 1.29 is 27.6 Å². The Hall–Kier alpha value is 0.340. The van der Waals surface area contributed by atoms with E-state index in [2.05, 4.69) is 4.74 Å². The molecule has 0 spiro atoms. The molecule has 114 valence electrons. The number of rotatable bonds is 6. The molecule has 0 bridgehead atoms. The summed E-state index contributed by atoms with van der Waals surface area (Å²) in [5, 5.41) is 9.38. The second-order valence-electron chi connectivity index (χ2n) is 5.17. The van der Waals surface area contributed by atoms with Gasteiger partial charge in [0.2, 0.25) is 0 Å². The fourth-order valence-corrected chi connectivity index (χ4v) is 3.12. The van der Waals surface area contributed by atoms with Gasteiger partial charge in [0.15, 0.2) is 5.44 Å². The van der Waals surface area contributed by atoms with E-state index < -0.39 is 27.4 Å². The van der Waals surface area contributed by atoms with Gasteiger partial charge in [-0.05, 0) is 12.3 Å². The van der Waals surface area contributed by atoms with E-state index in [0.717, 1.165) is 25.7 Å². The van der Waals surface area contributed by atoms with Crippen molar-refractivity contribution in [2.75, 3.05) is 7.11 Å². The fraction of sp³-hybridized carbons (Fsp3) is 0.917. The first-order valence-electron chi connectivity index (χ1n) is 6.56. The van der Waals surface area contributed by atoms with Crippen LogP contribution in [0.4, 0.5) is 0 Å². The van der Waals surface area contributed by atoms with E-state index in [4.69, 9.17) is 4.55 Å². The molecular weight excluding hydrogens is 295 g/mol. The van der Waals surface area contributed by atoms with Gasteiger partial charge in [0.1, 0.15) is 0 Å². The zero-order valence-corrected chi connectivity index (χ0v) is 11.9. The van der Waals surface area contributed by atoms with Crippen molar-refractivity contribution in [1.82, 2.24) is 0 Å². The van der Waals surface area contributed by atoms with Crippen LogP contribution in [0.3, 0.4) is 0 Å². The predicted molar refractivity (Wildman–Crippen MR) is 76.0 cm³/mol. The Kier molecular flexibility index (Phi) is 9.54. The summed E-state index contributed by atoms with van der Waals surface area (Å²) in [7, 11) is -3.30. The third-order valence-corrected chi connectivity index (χ3v) is 4.59. The van der Waals surface area contributed by atoms with Crippen LogP contribution >= 0.6 is 0 Å². The number of aliphatic hydroxyl groups is 1. The molecule has 1 saturated carbocycles. The zero-order valence-electron chi connectivity index (χ0n) is 11.1. The van der Waals surface area contributed by atoms with Gasteiger partial charge in [0, 0.05) is 6.42 Å². The Morgan fingerprint density at radius 1 is 1.30 bits per heavy atom. The fourth-order valence-electron chi connectivity index (χ4n) is 2.65. The topological polar surface area (TPSA) is 101 Å². The Morgan fingerprint density at radius 2 is 1.85 bits per heavy atom. The van der Waals surface area contributed by atoms with Crippen LogP contribution in [0.25, 0.3) is 0 Å². The number of carbonyl (C=O) groups is 1. The molecule has 0 aromatic heterocycles. The first-order chi connectivity index (χ1) is 8.84. The van der Waals surface area contributed by atoms with E-state index in [0.29, 0.717) is 12.3 Å². The summed E-state index contributed by atoms with van der Waals surface area (Å²) in [6.07, 6.45) is 5.61. The second kappa shape index (κ2) is 9.38. The summed E-state index contributed by atoms with van der Waals surface area (Å²) in [6.45, 7) is 0. The average molecular weight is 318 g/mol. The van der Waals surface area contributed by atoms with E-state index in [-0.39, 0.29) is 36.0 Å². The summed E-state index contributed by atoms with van der Waals surface area (Å²) in [6, 6.07) is 0. The van der Waals surface area contributed by atoms with Crippen molar-refractivity contribution in [3.05, 3.63) is 0 Å². The van der Waals surface area contributed by atoms with E-state index >= 15 is 0 Å². The molecule has 2 N–H and O–H groups in total. The molecule has 0 amide bonds. The molecule has 0 aromatic carbocycles. The minimum atomic E-state index is -4.53. The van der Waals surface area contributed by atoms with E-state index in [1.54, 1.807) is 0 Å². The molecule has 1 rings (SSSR count). The molecule has 20 heavy (non-hydrogen) atoms. The third kappa shape index (κ3) is 6.87. The van der Waals surface area contributed by atoms with Crippen molar-refractivity contribution in [3.63, 3.8) is 0 Å². The van der Waals surface area contributed by atoms with Crippen LogP contribution in [0.5, 0.6) is 0 Å². The molecule has 0 radical (unpaired) electrons. The summed E-state index contributed by atoms with van der Waals surface area (Å²) >= 11 is 0. The van der Waals surface area contributed by atoms with Crippen LogP contribution in [0.1, 0.15) is 44.9 Å². The number of hydrogen-bond acceptors (Lipinski definition) is 5. The summed E-state index contributed by atoms with van der Waals surface area (Å²) in [5.41, 5.74) is -1.93. The number of aliphatic hydroxyl groups excluding tert-OH is 1. The molecule has 0 aromatic rings. The molecule has 1 aliphatic rings. The standard InChI is InChI=1S/C12H22O6S.Na.H/c1-18-12(14)10(8-11(13)19(15,16)17)7-9-5-3-2-4-6-9;;/h9-11,13H,2-8H2,1H3,(H,15,16,17);;. The van der Waals surface area contributed by atoms with Gasteiger partial charge in [0.05, 0.1) is 13.0 Å². The number of hydrogen-bond donors (Lipinski definition) is 2. The van der Waals surface area contributed by atoms with Crippen molar-refractivity contribution in [1.29, 1.82) is 0 Å². The van der Waals surface area contributed by atoms with Crippen LogP contribution in [0.15, 0.2) is 0 Å². The normalized spacial score (nSPS) is 19.8. The molecular formula is C12H23NaO6S. The van der Waals surface area contributed by atoms with Gasteiger partial charge in [-0.2, -0.15) is 8.42 Å². The van der Waals surface area contributed by atoms with Crippen molar-refractivity contribution in [3.8, 4) is 0 Å². The molecule has 0 aliphatic heterocycles. The average Bonchev–Trinajstić information content (AvgIpc) is 2.37. The molecule has 2 unspecified atom stereocenters. The number of esters is 1. The van der Waals surface area contributed by atoms with Crippen molar-refractivity contribution in [2.45, 2.75) is 50.4 Å². The predicted octanol–water partition coefficient (Wildman–Crippen LogP) is 0.694. The van der Waals surface area contributed by atoms with Gasteiger partial charge in [0.25, 0.3) is 10.1 Å². The summed E-state index contributed by atoms with van der Waals surface area (Å²) in [5.74, 6) is -0.871. The molecule has 8 heteroatoms. The van der Waals surface area contributed by atoms with Gasteiger partial charge in [-0.3, -0.25) is 9.35 Å². The van der Waals surface area contributed by atoms with Gasteiger partial charge < -0.3 is 9.84 Å². The van der Waals surface area contributed by atoms with E-state index in [9.17, 15) is 18.3 Å². The molecule has 0 heterocycles. The Bertz CT molecular complexity index is 391. The maximum atomic E-state index is 11.6. The number of methoxy groups -OCH3 is 1. The third-order valence-electron chi connectivity index (χ3n) is 3.71. The van der Waals surface area contributed by atoms with Gasteiger partial charge in [-0.1, -0.05) is 32.1 Å².